The molecule has 214 valence electrons. The fourth-order valence-corrected chi connectivity index (χ4v) is 5.49. The maximum absolute atomic E-state index is 13.3. The van der Waals surface area contributed by atoms with Gasteiger partial charge in [-0.1, -0.05) is 6.07 Å². The van der Waals surface area contributed by atoms with E-state index in [1.54, 1.807) is 53.7 Å². The Bertz CT molecular complexity index is 1650. The number of carbonyl (C=O) groups is 2. The van der Waals surface area contributed by atoms with Crippen LogP contribution in [0.3, 0.4) is 0 Å². The summed E-state index contributed by atoms with van der Waals surface area (Å²) in [6, 6.07) is 11.6. The van der Waals surface area contributed by atoms with Crippen molar-refractivity contribution in [3.05, 3.63) is 88.3 Å². The van der Waals surface area contributed by atoms with Crippen molar-refractivity contribution < 1.29 is 14.0 Å². The highest BCUT2D eigenvalue weighted by Crippen LogP contribution is 2.38. The highest BCUT2D eigenvalue weighted by Gasteiger charge is 2.45. The van der Waals surface area contributed by atoms with Crippen molar-refractivity contribution >= 4 is 34.2 Å². The summed E-state index contributed by atoms with van der Waals surface area (Å²) in [4.78, 5) is 49.4. The van der Waals surface area contributed by atoms with E-state index < -0.39 is 5.41 Å². The third-order valence-electron chi connectivity index (χ3n) is 8.13. The van der Waals surface area contributed by atoms with Crippen molar-refractivity contribution in [2.45, 2.75) is 47.2 Å². The van der Waals surface area contributed by atoms with Crippen LogP contribution in [0, 0.1) is 12.3 Å². The number of benzene rings is 1. The molecule has 9 nitrogen and oxygen atoms in total. The normalized spacial score (nSPS) is 15.1. The Balaban J connectivity index is 1.39. The Labute approximate surface area is 240 Å². The van der Waals surface area contributed by atoms with Crippen molar-refractivity contribution in [1.29, 1.82) is 0 Å². The first-order valence-electron chi connectivity index (χ1n) is 14.0. The zero-order valence-electron chi connectivity index (χ0n) is 24.4. The summed E-state index contributed by atoms with van der Waals surface area (Å²) in [6.45, 7) is 10.5. The summed E-state index contributed by atoms with van der Waals surface area (Å²) in [5.41, 5.74) is 4.24. The van der Waals surface area contributed by atoms with E-state index in [1.807, 2.05) is 43.5 Å². The predicted molar refractivity (Wildman–Crippen MR) is 160 cm³/mol. The maximum atomic E-state index is 13.3. The highest BCUT2D eigenvalue weighted by atomic mass is 16.3. The summed E-state index contributed by atoms with van der Waals surface area (Å²) in [6.07, 6.45) is 7.74. The molecule has 0 saturated heterocycles. The highest BCUT2D eigenvalue weighted by molar-refractivity contribution is 6.19. The number of anilines is 2. The van der Waals surface area contributed by atoms with Gasteiger partial charge < -0.3 is 18.8 Å². The molecule has 0 aliphatic carbocycles. The third-order valence-corrected chi connectivity index (χ3v) is 8.13. The first kappa shape index (κ1) is 28.3. The Morgan fingerprint density at radius 2 is 1.80 bits per heavy atom. The third kappa shape index (κ3) is 5.41. The quantitative estimate of drug-likeness (QED) is 0.285. The lowest BCUT2D eigenvalue weighted by Gasteiger charge is -2.27. The van der Waals surface area contributed by atoms with Crippen molar-refractivity contribution in [3.8, 4) is 0 Å². The number of carbonyl (C=O) groups excluding carboxylic acids is 2. The van der Waals surface area contributed by atoms with Crippen LogP contribution < -0.4 is 15.4 Å². The van der Waals surface area contributed by atoms with Gasteiger partial charge in [0.15, 0.2) is 0 Å². The second-order valence-corrected chi connectivity index (χ2v) is 11.2. The second-order valence-electron chi connectivity index (χ2n) is 11.2. The topological polar surface area (TPSA) is 91.9 Å². The molecule has 0 N–H and O–H groups in total. The van der Waals surface area contributed by atoms with Gasteiger partial charge in [-0.05, 0) is 81.1 Å². The Kier molecular flexibility index (Phi) is 7.82. The molecule has 3 aromatic heterocycles. The molecule has 2 amide bonds. The number of fused-ring (bicyclic) bond motifs is 2. The molecule has 0 unspecified atom stereocenters. The zero-order chi connectivity index (χ0) is 29.3. The minimum atomic E-state index is -1.14. The largest absolute Gasteiger partial charge is 0.464 e. The molecule has 0 bridgehead atoms. The number of pyridine rings is 2. The van der Waals surface area contributed by atoms with Crippen LogP contribution in [0.25, 0.3) is 11.0 Å². The molecule has 0 saturated carbocycles. The van der Waals surface area contributed by atoms with Crippen LogP contribution in [-0.4, -0.2) is 52.9 Å². The SMILES string of the molecule is CCN1C(=O)C(C)(C)C(=O)N(C)c2cc(CCN(CCn3ccc4occc4c3=O)Cc3cnccc3C)ccc21. The van der Waals surface area contributed by atoms with E-state index in [2.05, 4.69) is 16.8 Å². The number of hydrogen-bond donors (Lipinski definition) is 0. The summed E-state index contributed by atoms with van der Waals surface area (Å²) in [7, 11) is 1.74. The van der Waals surface area contributed by atoms with Crippen molar-refractivity contribution in [3.63, 3.8) is 0 Å². The number of rotatable bonds is 9. The van der Waals surface area contributed by atoms with Gasteiger partial charge in [0.05, 0.1) is 23.0 Å². The molecule has 0 radical (unpaired) electrons. The number of aromatic nitrogens is 2. The molecule has 0 atom stereocenters. The number of amides is 2. The lowest BCUT2D eigenvalue weighted by Crippen LogP contribution is -2.47. The summed E-state index contributed by atoms with van der Waals surface area (Å²) < 4.78 is 7.10. The van der Waals surface area contributed by atoms with Crippen LogP contribution in [0.5, 0.6) is 0 Å². The second kappa shape index (κ2) is 11.3. The summed E-state index contributed by atoms with van der Waals surface area (Å²) in [5.74, 6) is -0.407. The molecule has 0 spiro atoms. The van der Waals surface area contributed by atoms with Crippen LogP contribution in [0.2, 0.25) is 0 Å². The molecule has 5 rings (SSSR count). The molecular formula is C32H37N5O4. The van der Waals surface area contributed by atoms with Gasteiger partial charge in [-0.3, -0.25) is 24.3 Å². The van der Waals surface area contributed by atoms with E-state index in [9.17, 15) is 14.4 Å². The van der Waals surface area contributed by atoms with Crippen LogP contribution >= 0.6 is 0 Å². The van der Waals surface area contributed by atoms with Gasteiger partial charge >= 0.3 is 0 Å². The maximum Gasteiger partial charge on any atom is 0.261 e. The predicted octanol–water partition coefficient (Wildman–Crippen LogP) is 4.40. The van der Waals surface area contributed by atoms with Gasteiger partial charge in [-0.25, -0.2) is 0 Å². The van der Waals surface area contributed by atoms with E-state index in [4.69, 9.17) is 4.42 Å². The fraction of sp³-hybridized carbons (Fsp3) is 0.375. The molecular weight excluding hydrogens is 518 g/mol. The molecule has 1 aromatic carbocycles. The van der Waals surface area contributed by atoms with E-state index >= 15 is 0 Å². The average molecular weight is 556 g/mol. The standard InChI is InChI=1S/C32H37N5O4/c1-6-37-26-8-7-23(19-27(26)34(5)30(39)32(3,4)31(37)40)10-14-35(21-24-20-33-13-9-22(24)2)16-17-36-15-11-28-25(29(36)38)12-18-41-28/h7-9,11-13,15,18-20H,6,10,14,16-17,21H2,1-5H3. The van der Waals surface area contributed by atoms with Gasteiger partial charge in [0, 0.05) is 58.4 Å². The molecule has 1 aliphatic heterocycles. The first-order chi connectivity index (χ1) is 19.6. The Morgan fingerprint density at radius 3 is 2.56 bits per heavy atom. The smallest absolute Gasteiger partial charge is 0.261 e. The van der Waals surface area contributed by atoms with Gasteiger partial charge in [-0.15, -0.1) is 0 Å². The molecule has 0 fully saturated rings. The van der Waals surface area contributed by atoms with E-state index in [0.717, 1.165) is 35.5 Å². The van der Waals surface area contributed by atoms with Gasteiger partial charge in [0.1, 0.15) is 11.0 Å². The van der Waals surface area contributed by atoms with E-state index in [1.165, 1.54) is 11.8 Å². The van der Waals surface area contributed by atoms with Gasteiger partial charge in [0.2, 0.25) is 11.8 Å². The van der Waals surface area contributed by atoms with Crippen LogP contribution in [0.1, 0.15) is 37.5 Å². The summed E-state index contributed by atoms with van der Waals surface area (Å²) in [5, 5.41) is 0.577. The lowest BCUT2D eigenvalue weighted by atomic mass is 9.90. The molecule has 4 heterocycles. The number of furan rings is 1. The molecule has 1 aliphatic rings. The molecule has 4 aromatic rings. The minimum Gasteiger partial charge on any atom is -0.464 e. The summed E-state index contributed by atoms with van der Waals surface area (Å²) >= 11 is 0. The van der Waals surface area contributed by atoms with Gasteiger partial charge in [-0.2, -0.15) is 0 Å². The minimum absolute atomic E-state index is 0.0647. The van der Waals surface area contributed by atoms with E-state index in [0.29, 0.717) is 37.1 Å². The van der Waals surface area contributed by atoms with E-state index in [-0.39, 0.29) is 17.4 Å². The monoisotopic (exact) mass is 555 g/mol. The zero-order valence-corrected chi connectivity index (χ0v) is 24.4. The number of nitrogens with zero attached hydrogens (tertiary/aromatic N) is 5. The lowest BCUT2D eigenvalue weighted by molar-refractivity contribution is -0.137. The Morgan fingerprint density at radius 1 is 1.00 bits per heavy atom. The fourth-order valence-electron chi connectivity index (χ4n) is 5.49. The number of hydrogen-bond acceptors (Lipinski definition) is 6. The average Bonchev–Trinajstić information content (AvgIpc) is 3.44. The van der Waals surface area contributed by atoms with Gasteiger partial charge in [0.25, 0.3) is 5.56 Å². The molecule has 9 heteroatoms. The van der Waals surface area contributed by atoms with Crippen LogP contribution in [0.4, 0.5) is 11.4 Å². The number of aryl methyl sites for hydroxylation is 1. The first-order valence-corrected chi connectivity index (χ1v) is 14.0. The van der Waals surface area contributed by atoms with Crippen LogP contribution in [-0.2, 0) is 29.1 Å². The van der Waals surface area contributed by atoms with Crippen LogP contribution in [0.15, 0.2) is 70.5 Å². The molecule has 41 heavy (non-hydrogen) atoms. The van der Waals surface area contributed by atoms with Crippen molar-refractivity contribution in [1.82, 2.24) is 14.5 Å². The van der Waals surface area contributed by atoms with Crippen molar-refractivity contribution in [2.24, 2.45) is 5.41 Å². The Hall–Kier alpha value is -4.24. The van der Waals surface area contributed by atoms with Crippen molar-refractivity contribution in [2.75, 3.05) is 36.5 Å².